The highest BCUT2D eigenvalue weighted by atomic mass is 35.5. The quantitative estimate of drug-likeness (QED) is 0.918. The van der Waals surface area contributed by atoms with Gasteiger partial charge in [-0.3, -0.25) is 0 Å². The van der Waals surface area contributed by atoms with Crippen LogP contribution in [0.5, 0.6) is 0 Å². The van der Waals surface area contributed by atoms with Gasteiger partial charge in [0.15, 0.2) is 0 Å². The summed E-state index contributed by atoms with van der Waals surface area (Å²) in [4.78, 5) is 4.51. The molecule has 0 saturated carbocycles. The van der Waals surface area contributed by atoms with Gasteiger partial charge in [0, 0.05) is 22.4 Å². The van der Waals surface area contributed by atoms with E-state index in [0.29, 0.717) is 6.42 Å². The second kappa shape index (κ2) is 4.77. The van der Waals surface area contributed by atoms with E-state index in [9.17, 15) is 5.11 Å². The van der Waals surface area contributed by atoms with Crippen molar-refractivity contribution in [3.8, 4) is 11.3 Å². The summed E-state index contributed by atoms with van der Waals surface area (Å²) in [5.41, 5.74) is 1.27. The minimum absolute atomic E-state index is 0.575. The molecule has 0 bridgehead atoms. The molecule has 0 spiro atoms. The van der Waals surface area contributed by atoms with Gasteiger partial charge in [0.2, 0.25) is 0 Å². The summed E-state index contributed by atoms with van der Waals surface area (Å²) in [6, 6.07) is 7.61. The van der Waals surface area contributed by atoms with Gasteiger partial charge in [0.25, 0.3) is 0 Å². The van der Waals surface area contributed by atoms with E-state index in [2.05, 4.69) is 4.98 Å². The minimum Gasteiger partial charge on any atom is -0.390 e. The first-order valence-electron chi connectivity index (χ1n) is 5.37. The third kappa shape index (κ3) is 3.53. The van der Waals surface area contributed by atoms with Crippen LogP contribution in [0, 0.1) is 0 Å². The predicted molar refractivity (Wildman–Crippen MR) is 72.6 cm³/mol. The molecule has 0 aliphatic heterocycles. The third-order valence-electron chi connectivity index (χ3n) is 2.28. The Balaban J connectivity index is 2.21. The largest absolute Gasteiger partial charge is 0.390 e. The number of rotatable bonds is 3. The van der Waals surface area contributed by atoms with Crippen LogP contribution in [0.3, 0.4) is 0 Å². The Morgan fingerprint density at radius 1 is 1.29 bits per heavy atom. The lowest BCUT2D eigenvalue weighted by Gasteiger charge is -2.14. The molecule has 0 atom stereocenters. The second-order valence-corrected chi connectivity index (χ2v) is 6.00. The van der Waals surface area contributed by atoms with Crippen LogP contribution in [0.25, 0.3) is 11.3 Å². The van der Waals surface area contributed by atoms with Gasteiger partial charge in [-0.2, -0.15) is 0 Å². The normalized spacial score (nSPS) is 11.8. The molecule has 0 aliphatic rings. The van der Waals surface area contributed by atoms with Crippen molar-refractivity contribution in [2.45, 2.75) is 25.9 Å². The van der Waals surface area contributed by atoms with E-state index < -0.39 is 5.60 Å². The topological polar surface area (TPSA) is 33.1 Å². The molecule has 4 heteroatoms. The standard InChI is InChI=1S/C13H14ClNOS/c1-13(2,16)7-12-15-11(8-17-12)9-3-5-10(14)6-4-9/h3-6,8,16H,7H2,1-2H3. The molecule has 1 heterocycles. The lowest BCUT2D eigenvalue weighted by Crippen LogP contribution is -2.21. The first-order valence-corrected chi connectivity index (χ1v) is 6.62. The lowest BCUT2D eigenvalue weighted by atomic mass is 10.1. The average molecular weight is 268 g/mol. The first-order chi connectivity index (χ1) is 7.94. The molecule has 1 aromatic heterocycles. The number of nitrogens with zero attached hydrogens (tertiary/aromatic N) is 1. The Bertz CT molecular complexity index is 499. The zero-order valence-corrected chi connectivity index (χ0v) is 11.3. The zero-order valence-electron chi connectivity index (χ0n) is 9.77. The van der Waals surface area contributed by atoms with Gasteiger partial charge in [-0.05, 0) is 26.0 Å². The molecule has 0 radical (unpaired) electrons. The predicted octanol–water partition coefficient (Wildman–Crippen LogP) is 3.78. The Kier molecular flexibility index (Phi) is 3.52. The van der Waals surface area contributed by atoms with Crippen LogP contribution in [0.1, 0.15) is 18.9 Å². The number of hydrogen-bond acceptors (Lipinski definition) is 3. The SMILES string of the molecule is CC(C)(O)Cc1nc(-c2ccc(Cl)cc2)cs1. The van der Waals surface area contributed by atoms with E-state index in [-0.39, 0.29) is 0 Å². The van der Waals surface area contributed by atoms with Crippen molar-refractivity contribution in [2.75, 3.05) is 0 Å². The van der Waals surface area contributed by atoms with Gasteiger partial charge in [-0.1, -0.05) is 23.7 Å². The Hall–Kier alpha value is -0.900. The summed E-state index contributed by atoms with van der Waals surface area (Å²) >= 11 is 7.41. The van der Waals surface area contributed by atoms with Crippen LogP contribution in [-0.4, -0.2) is 15.7 Å². The third-order valence-corrected chi connectivity index (χ3v) is 3.38. The summed E-state index contributed by atoms with van der Waals surface area (Å²) in [5.74, 6) is 0. The van der Waals surface area contributed by atoms with Crippen LogP contribution in [0.15, 0.2) is 29.6 Å². The molecule has 0 unspecified atom stereocenters. The molecule has 2 rings (SSSR count). The maximum absolute atomic E-state index is 9.74. The highest BCUT2D eigenvalue weighted by Crippen LogP contribution is 2.25. The molecule has 1 N–H and O–H groups in total. The van der Waals surface area contributed by atoms with E-state index in [1.807, 2.05) is 29.6 Å². The van der Waals surface area contributed by atoms with E-state index in [0.717, 1.165) is 21.3 Å². The Morgan fingerprint density at radius 3 is 2.53 bits per heavy atom. The van der Waals surface area contributed by atoms with E-state index in [4.69, 9.17) is 11.6 Å². The van der Waals surface area contributed by atoms with Crippen molar-refractivity contribution in [3.63, 3.8) is 0 Å². The molecule has 1 aromatic carbocycles. The number of thiazole rings is 1. The van der Waals surface area contributed by atoms with Gasteiger partial charge < -0.3 is 5.11 Å². The van der Waals surface area contributed by atoms with Gasteiger partial charge in [0.05, 0.1) is 16.3 Å². The maximum Gasteiger partial charge on any atom is 0.0961 e. The maximum atomic E-state index is 9.74. The molecular weight excluding hydrogens is 254 g/mol. The minimum atomic E-state index is -0.713. The Labute approximate surface area is 110 Å². The molecule has 0 fully saturated rings. The van der Waals surface area contributed by atoms with Crippen LogP contribution in [0.2, 0.25) is 5.02 Å². The summed E-state index contributed by atoms with van der Waals surface area (Å²) in [7, 11) is 0. The second-order valence-electron chi connectivity index (χ2n) is 4.62. The molecular formula is C13H14ClNOS. The van der Waals surface area contributed by atoms with E-state index >= 15 is 0 Å². The summed E-state index contributed by atoms with van der Waals surface area (Å²) in [5, 5.41) is 13.4. The van der Waals surface area contributed by atoms with E-state index in [1.165, 1.54) is 0 Å². The average Bonchev–Trinajstić information content (AvgIpc) is 2.64. The molecule has 0 amide bonds. The smallest absolute Gasteiger partial charge is 0.0961 e. The van der Waals surface area contributed by atoms with E-state index in [1.54, 1.807) is 25.2 Å². The fourth-order valence-electron chi connectivity index (χ4n) is 1.52. The van der Waals surface area contributed by atoms with Crippen LogP contribution >= 0.6 is 22.9 Å². The van der Waals surface area contributed by atoms with Gasteiger partial charge >= 0.3 is 0 Å². The summed E-state index contributed by atoms with van der Waals surface area (Å²) < 4.78 is 0. The fourth-order valence-corrected chi connectivity index (χ4v) is 2.67. The lowest BCUT2D eigenvalue weighted by molar-refractivity contribution is 0.0809. The van der Waals surface area contributed by atoms with Gasteiger partial charge in [0.1, 0.15) is 0 Å². The van der Waals surface area contributed by atoms with Crippen molar-refractivity contribution in [1.82, 2.24) is 4.98 Å². The summed E-state index contributed by atoms with van der Waals surface area (Å²) in [6.45, 7) is 3.58. The molecule has 2 nitrogen and oxygen atoms in total. The molecule has 90 valence electrons. The number of aliphatic hydroxyl groups is 1. The van der Waals surface area contributed by atoms with Crippen LogP contribution in [0.4, 0.5) is 0 Å². The fraction of sp³-hybridized carbons (Fsp3) is 0.308. The van der Waals surface area contributed by atoms with Crippen molar-refractivity contribution >= 4 is 22.9 Å². The van der Waals surface area contributed by atoms with Gasteiger partial charge in [-0.15, -0.1) is 11.3 Å². The Morgan fingerprint density at radius 2 is 1.94 bits per heavy atom. The van der Waals surface area contributed by atoms with Crippen molar-refractivity contribution in [3.05, 3.63) is 39.7 Å². The molecule has 2 aromatic rings. The number of aromatic nitrogens is 1. The van der Waals surface area contributed by atoms with Crippen molar-refractivity contribution < 1.29 is 5.11 Å². The number of halogens is 1. The first kappa shape index (κ1) is 12.6. The van der Waals surface area contributed by atoms with Gasteiger partial charge in [-0.25, -0.2) is 4.98 Å². The highest BCUT2D eigenvalue weighted by molar-refractivity contribution is 7.09. The van der Waals surface area contributed by atoms with Crippen LogP contribution < -0.4 is 0 Å². The highest BCUT2D eigenvalue weighted by Gasteiger charge is 2.16. The van der Waals surface area contributed by atoms with Crippen LogP contribution in [-0.2, 0) is 6.42 Å². The number of hydrogen-bond donors (Lipinski definition) is 1. The number of benzene rings is 1. The monoisotopic (exact) mass is 267 g/mol. The van der Waals surface area contributed by atoms with Crippen molar-refractivity contribution in [2.24, 2.45) is 0 Å². The van der Waals surface area contributed by atoms with Crippen molar-refractivity contribution in [1.29, 1.82) is 0 Å². The molecule has 0 aliphatic carbocycles. The molecule has 17 heavy (non-hydrogen) atoms. The zero-order chi connectivity index (χ0) is 12.5. The molecule has 0 saturated heterocycles. The summed E-state index contributed by atoms with van der Waals surface area (Å²) in [6.07, 6.45) is 0.575.